The number of nitro groups is 1. The number of carbonyl (C=O) groups is 1. The summed E-state index contributed by atoms with van der Waals surface area (Å²) in [5, 5.41) is 11.6. The molecule has 1 aliphatic heterocycles. The van der Waals surface area contributed by atoms with Crippen LogP contribution >= 0.6 is 11.8 Å². The second-order valence-electron chi connectivity index (χ2n) is 10.2. The van der Waals surface area contributed by atoms with E-state index in [1.807, 2.05) is 66.4 Å². The fourth-order valence-corrected chi connectivity index (χ4v) is 6.22. The van der Waals surface area contributed by atoms with Crippen molar-refractivity contribution in [3.05, 3.63) is 98.9 Å². The van der Waals surface area contributed by atoms with Crippen LogP contribution in [0, 0.1) is 16.0 Å². The van der Waals surface area contributed by atoms with Crippen molar-refractivity contribution in [2.24, 2.45) is 10.9 Å². The van der Waals surface area contributed by atoms with Crippen LogP contribution in [0.25, 0.3) is 6.08 Å². The molecule has 3 aromatic carbocycles. The number of amidine groups is 1. The first kappa shape index (κ1) is 28.4. The number of hydrogen-bond acceptors (Lipinski definition) is 7. The molecule has 0 radical (unpaired) electrons. The summed E-state index contributed by atoms with van der Waals surface area (Å²) in [4.78, 5) is 31.7. The van der Waals surface area contributed by atoms with Gasteiger partial charge in [-0.3, -0.25) is 19.8 Å². The van der Waals surface area contributed by atoms with Crippen molar-refractivity contribution in [2.75, 3.05) is 6.61 Å². The fourth-order valence-electron chi connectivity index (χ4n) is 5.18. The summed E-state index contributed by atoms with van der Waals surface area (Å²) in [5.74, 6) is 1.52. The Morgan fingerprint density at radius 3 is 2.49 bits per heavy atom. The number of benzene rings is 3. The maximum absolute atomic E-state index is 13.8. The molecule has 8 nitrogen and oxygen atoms in total. The molecule has 1 saturated carbocycles. The number of ether oxygens (including phenoxy) is 2. The smallest absolute Gasteiger partial charge is 0.269 e. The number of nitro benzene ring substituents is 1. The van der Waals surface area contributed by atoms with Crippen LogP contribution in [0.4, 0.5) is 11.4 Å². The second kappa shape index (κ2) is 13.0. The molecule has 9 heteroatoms. The highest BCUT2D eigenvalue weighted by molar-refractivity contribution is 8.18. The lowest BCUT2D eigenvalue weighted by Crippen LogP contribution is -2.44. The third kappa shape index (κ3) is 6.79. The molecule has 1 aliphatic carbocycles. The van der Waals surface area contributed by atoms with E-state index in [4.69, 9.17) is 14.5 Å². The van der Waals surface area contributed by atoms with Crippen molar-refractivity contribution in [2.45, 2.75) is 52.2 Å². The van der Waals surface area contributed by atoms with Crippen LogP contribution in [0.15, 0.2) is 82.7 Å². The van der Waals surface area contributed by atoms with Crippen LogP contribution in [0.2, 0.25) is 0 Å². The Morgan fingerprint density at radius 2 is 1.78 bits per heavy atom. The fraction of sp³-hybridized carbons (Fsp3) is 0.312. The van der Waals surface area contributed by atoms with E-state index in [1.54, 1.807) is 12.1 Å². The Labute approximate surface area is 244 Å². The minimum atomic E-state index is -0.427. The lowest BCUT2D eigenvalue weighted by Gasteiger charge is -2.35. The van der Waals surface area contributed by atoms with Crippen LogP contribution in [0.5, 0.6) is 11.5 Å². The van der Waals surface area contributed by atoms with Gasteiger partial charge in [-0.2, -0.15) is 0 Å². The summed E-state index contributed by atoms with van der Waals surface area (Å²) in [5.41, 5.74) is 2.49. The quantitative estimate of drug-likeness (QED) is 0.148. The maximum Gasteiger partial charge on any atom is 0.269 e. The summed E-state index contributed by atoms with van der Waals surface area (Å²) in [6, 6.07) is 21.7. The summed E-state index contributed by atoms with van der Waals surface area (Å²) in [7, 11) is 0. The Hall–Kier alpha value is -4.11. The second-order valence-corrected chi connectivity index (χ2v) is 11.2. The molecule has 2 aliphatic rings. The van der Waals surface area contributed by atoms with Crippen molar-refractivity contribution in [1.82, 2.24) is 4.90 Å². The van der Waals surface area contributed by atoms with Crippen LogP contribution in [0.1, 0.15) is 50.7 Å². The zero-order chi connectivity index (χ0) is 28.8. The van der Waals surface area contributed by atoms with Crippen molar-refractivity contribution in [3.8, 4) is 11.5 Å². The summed E-state index contributed by atoms with van der Waals surface area (Å²) in [6.45, 7) is 4.81. The van der Waals surface area contributed by atoms with Gasteiger partial charge in [0.1, 0.15) is 6.61 Å². The SMILES string of the molecule is CCOc1cc(/C=C2\SC(=Nc3ccccc3)N([C@H]3CCCC[C@@H]3C)C2=O)ccc1OCc1ccc([N+](=O)[O-])cc1. The van der Waals surface area contributed by atoms with Gasteiger partial charge in [0, 0.05) is 18.2 Å². The third-order valence-electron chi connectivity index (χ3n) is 7.32. The average Bonchev–Trinajstić information content (AvgIpc) is 3.27. The predicted octanol–water partition coefficient (Wildman–Crippen LogP) is 7.76. The van der Waals surface area contributed by atoms with E-state index < -0.39 is 4.92 Å². The molecule has 5 rings (SSSR count). The molecule has 1 amide bonds. The Morgan fingerprint density at radius 1 is 1.02 bits per heavy atom. The Bertz CT molecular complexity index is 1460. The molecule has 212 valence electrons. The zero-order valence-electron chi connectivity index (χ0n) is 23.2. The normalized spacial score (nSPS) is 20.9. The molecule has 2 fully saturated rings. The molecule has 1 saturated heterocycles. The molecule has 3 aromatic rings. The number of non-ortho nitro benzene ring substituents is 1. The Kier molecular flexibility index (Phi) is 9.04. The first-order valence-electron chi connectivity index (χ1n) is 13.9. The number of hydrogen-bond donors (Lipinski definition) is 0. The zero-order valence-corrected chi connectivity index (χ0v) is 24.0. The molecule has 0 spiro atoms. The van der Waals surface area contributed by atoms with E-state index in [0.717, 1.165) is 41.2 Å². The van der Waals surface area contributed by atoms with Crippen molar-refractivity contribution >= 4 is 40.3 Å². The van der Waals surface area contributed by atoms with Gasteiger partial charge in [-0.1, -0.05) is 44.0 Å². The first-order valence-corrected chi connectivity index (χ1v) is 14.7. The number of rotatable bonds is 9. The monoisotopic (exact) mass is 571 g/mol. The lowest BCUT2D eigenvalue weighted by molar-refractivity contribution is -0.384. The lowest BCUT2D eigenvalue weighted by atomic mass is 9.85. The van der Waals surface area contributed by atoms with Crippen molar-refractivity contribution < 1.29 is 19.2 Å². The van der Waals surface area contributed by atoms with Crippen molar-refractivity contribution in [3.63, 3.8) is 0 Å². The highest BCUT2D eigenvalue weighted by Gasteiger charge is 2.41. The van der Waals surface area contributed by atoms with Gasteiger partial charge in [0.05, 0.1) is 22.1 Å². The molecule has 0 N–H and O–H groups in total. The van der Waals surface area contributed by atoms with Gasteiger partial charge in [0.15, 0.2) is 16.7 Å². The van der Waals surface area contributed by atoms with Gasteiger partial charge < -0.3 is 9.47 Å². The van der Waals surface area contributed by atoms with Crippen molar-refractivity contribution in [1.29, 1.82) is 0 Å². The maximum atomic E-state index is 13.8. The molecule has 0 aromatic heterocycles. The first-order chi connectivity index (χ1) is 19.9. The van der Waals surface area contributed by atoms with E-state index in [9.17, 15) is 14.9 Å². The minimum Gasteiger partial charge on any atom is -0.490 e. The van der Waals surface area contributed by atoms with Crippen LogP contribution in [0.3, 0.4) is 0 Å². The topological polar surface area (TPSA) is 94.3 Å². The van der Waals surface area contributed by atoms with Gasteiger partial charge in [-0.25, -0.2) is 4.99 Å². The minimum absolute atomic E-state index is 0.0140. The summed E-state index contributed by atoms with van der Waals surface area (Å²) < 4.78 is 11.9. The van der Waals surface area contributed by atoms with Gasteiger partial charge in [0.25, 0.3) is 11.6 Å². The Balaban J connectivity index is 1.39. The van der Waals surface area contributed by atoms with E-state index in [-0.39, 0.29) is 24.2 Å². The molecule has 2 atom stereocenters. The number of para-hydroxylation sites is 1. The largest absolute Gasteiger partial charge is 0.490 e. The van der Waals surface area contributed by atoms with Gasteiger partial charge >= 0.3 is 0 Å². The number of thioether (sulfide) groups is 1. The molecule has 41 heavy (non-hydrogen) atoms. The number of nitrogens with zero attached hydrogens (tertiary/aromatic N) is 3. The molecular formula is C32H33N3O5S. The van der Waals surface area contributed by atoms with Gasteiger partial charge in [-0.05, 0) is 91.0 Å². The van der Waals surface area contributed by atoms with E-state index in [2.05, 4.69) is 6.92 Å². The van der Waals surface area contributed by atoms with Crippen LogP contribution < -0.4 is 9.47 Å². The molecular weight excluding hydrogens is 538 g/mol. The summed E-state index contributed by atoms with van der Waals surface area (Å²) >= 11 is 1.41. The highest BCUT2D eigenvalue weighted by atomic mass is 32.2. The predicted molar refractivity (Wildman–Crippen MR) is 162 cm³/mol. The van der Waals surface area contributed by atoms with E-state index in [1.165, 1.54) is 30.3 Å². The summed E-state index contributed by atoms with van der Waals surface area (Å²) in [6.07, 6.45) is 6.28. The molecule has 0 bridgehead atoms. The molecule has 1 heterocycles. The number of aliphatic imine (C=N–C) groups is 1. The standard InChI is InChI=1S/C32H33N3O5S/c1-3-39-29-19-24(15-18-28(29)40-21-23-13-16-26(17-14-23)35(37)38)20-30-31(36)34(27-12-8-7-9-22(27)2)32(41-30)33-25-10-5-4-6-11-25/h4-6,10-11,13-20,22,27H,3,7-9,12,21H2,1-2H3/b30-20-,33-32?/t22-,27-/m0/s1. The van der Waals surface area contributed by atoms with E-state index in [0.29, 0.717) is 28.9 Å². The number of carbonyl (C=O) groups excluding carboxylic acids is 1. The highest BCUT2D eigenvalue weighted by Crippen LogP contribution is 2.41. The molecule has 0 unspecified atom stereocenters. The van der Waals surface area contributed by atoms with Crippen LogP contribution in [-0.4, -0.2) is 33.5 Å². The van der Waals surface area contributed by atoms with Gasteiger partial charge in [0.2, 0.25) is 0 Å². The van der Waals surface area contributed by atoms with Crippen LogP contribution in [-0.2, 0) is 11.4 Å². The number of amides is 1. The average molecular weight is 572 g/mol. The van der Waals surface area contributed by atoms with Gasteiger partial charge in [-0.15, -0.1) is 0 Å². The van der Waals surface area contributed by atoms with E-state index >= 15 is 0 Å². The third-order valence-corrected chi connectivity index (χ3v) is 8.31.